The van der Waals surface area contributed by atoms with E-state index in [1.807, 2.05) is 60.0 Å². The average molecular weight is 437 g/mol. The molecule has 1 N–H and O–H groups in total. The molecule has 6 nitrogen and oxygen atoms in total. The van der Waals surface area contributed by atoms with E-state index < -0.39 is 0 Å². The molecule has 162 valence electrons. The van der Waals surface area contributed by atoms with Gasteiger partial charge in [0.05, 0.1) is 5.75 Å². The van der Waals surface area contributed by atoms with E-state index in [9.17, 15) is 4.79 Å². The number of ether oxygens (including phenoxy) is 1. The van der Waals surface area contributed by atoms with Gasteiger partial charge < -0.3 is 10.1 Å². The Morgan fingerprint density at radius 2 is 1.94 bits per heavy atom. The van der Waals surface area contributed by atoms with E-state index in [0.29, 0.717) is 30.1 Å². The molecule has 0 aliphatic rings. The lowest BCUT2D eigenvalue weighted by Gasteiger charge is -2.13. The van der Waals surface area contributed by atoms with Crippen molar-refractivity contribution < 1.29 is 9.53 Å². The number of benzene rings is 2. The minimum Gasteiger partial charge on any atom is -0.485 e. The highest BCUT2D eigenvalue weighted by Gasteiger charge is 2.15. The van der Waals surface area contributed by atoms with Crippen LogP contribution in [0.5, 0.6) is 5.75 Å². The van der Waals surface area contributed by atoms with Crippen molar-refractivity contribution in [3.8, 4) is 5.75 Å². The van der Waals surface area contributed by atoms with Gasteiger partial charge in [-0.25, -0.2) is 0 Å². The highest BCUT2D eigenvalue weighted by Crippen LogP contribution is 2.25. The summed E-state index contributed by atoms with van der Waals surface area (Å²) < 4.78 is 7.84. The van der Waals surface area contributed by atoms with Gasteiger partial charge in [0.1, 0.15) is 12.4 Å². The molecule has 0 bridgehead atoms. The van der Waals surface area contributed by atoms with Crippen molar-refractivity contribution in [1.82, 2.24) is 14.8 Å². The van der Waals surface area contributed by atoms with Gasteiger partial charge in [-0.05, 0) is 36.1 Å². The zero-order valence-corrected chi connectivity index (χ0v) is 19.0. The highest BCUT2D eigenvalue weighted by atomic mass is 32.2. The van der Waals surface area contributed by atoms with Crippen LogP contribution in [-0.2, 0) is 17.9 Å². The summed E-state index contributed by atoms with van der Waals surface area (Å²) in [4.78, 5) is 12.6. The van der Waals surface area contributed by atoms with Gasteiger partial charge >= 0.3 is 0 Å². The summed E-state index contributed by atoms with van der Waals surface area (Å²) >= 11 is 1.35. The quantitative estimate of drug-likeness (QED) is 0.349. The van der Waals surface area contributed by atoms with Crippen LogP contribution < -0.4 is 10.1 Å². The second-order valence-electron chi connectivity index (χ2n) is 7.43. The first-order valence-electron chi connectivity index (χ1n) is 10.2. The Morgan fingerprint density at radius 1 is 1.19 bits per heavy atom. The number of anilines is 1. The van der Waals surface area contributed by atoms with E-state index in [0.717, 1.165) is 22.6 Å². The first-order chi connectivity index (χ1) is 15.0. The SMILES string of the molecule is C=CCn1c(COc2ccccc2C)nnc1SCC(=O)Nc1ccccc1C(C)C. The van der Waals surface area contributed by atoms with Crippen molar-refractivity contribution in [1.29, 1.82) is 0 Å². The topological polar surface area (TPSA) is 69.0 Å². The maximum atomic E-state index is 12.6. The highest BCUT2D eigenvalue weighted by molar-refractivity contribution is 7.99. The van der Waals surface area contributed by atoms with Crippen LogP contribution in [0.4, 0.5) is 5.69 Å². The number of hydrogen-bond donors (Lipinski definition) is 1. The Morgan fingerprint density at radius 3 is 2.68 bits per heavy atom. The van der Waals surface area contributed by atoms with Gasteiger partial charge in [0, 0.05) is 12.2 Å². The summed E-state index contributed by atoms with van der Waals surface area (Å²) in [5.74, 6) is 1.99. The number of thioether (sulfide) groups is 1. The van der Waals surface area contributed by atoms with Gasteiger partial charge in [0.2, 0.25) is 5.91 Å². The van der Waals surface area contributed by atoms with Crippen LogP contribution >= 0.6 is 11.8 Å². The van der Waals surface area contributed by atoms with Crippen LogP contribution in [0, 0.1) is 6.92 Å². The molecule has 0 atom stereocenters. The first-order valence-corrected chi connectivity index (χ1v) is 11.2. The van der Waals surface area contributed by atoms with Crippen molar-refractivity contribution in [2.24, 2.45) is 0 Å². The fourth-order valence-electron chi connectivity index (χ4n) is 3.14. The number of nitrogens with zero attached hydrogens (tertiary/aromatic N) is 3. The number of para-hydroxylation sites is 2. The van der Waals surface area contributed by atoms with Gasteiger partial charge in [-0.1, -0.05) is 68.1 Å². The van der Waals surface area contributed by atoms with Crippen LogP contribution in [0.2, 0.25) is 0 Å². The lowest BCUT2D eigenvalue weighted by Crippen LogP contribution is -2.16. The first kappa shape index (κ1) is 22.6. The van der Waals surface area contributed by atoms with E-state index in [2.05, 4.69) is 35.9 Å². The molecule has 0 saturated carbocycles. The monoisotopic (exact) mass is 436 g/mol. The maximum Gasteiger partial charge on any atom is 0.234 e. The van der Waals surface area contributed by atoms with Crippen LogP contribution in [0.1, 0.15) is 36.7 Å². The minimum absolute atomic E-state index is 0.0797. The van der Waals surface area contributed by atoms with Crippen LogP contribution in [0.15, 0.2) is 66.3 Å². The van der Waals surface area contributed by atoms with Crippen molar-refractivity contribution in [3.63, 3.8) is 0 Å². The molecule has 1 amide bonds. The molecular formula is C24H28N4O2S. The normalized spacial score (nSPS) is 10.8. The summed E-state index contributed by atoms with van der Waals surface area (Å²) in [5, 5.41) is 12.2. The second kappa shape index (κ2) is 10.8. The van der Waals surface area contributed by atoms with E-state index in [1.54, 1.807) is 6.08 Å². The lowest BCUT2D eigenvalue weighted by molar-refractivity contribution is -0.113. The molecule has 0 aliphatic carbocycles. The van der Waals surface area contributed by atoms with E-state index >= 15 is 0 Å². The molecule has 0 spiro atoms. The Bertz CT molecular complexity index is 1050. The van der Waals surface area contributed by atoms with Gasteiger partial charge in [0.25, 0.3) is 0 Å². The van der Waals surface area contributed by atoms with Crippen molar-refractivity contribution in [2.45, 2.75) is 45.0 Å². The predicted molar refractivity (Wildman–Crippen MR) is 126 cm³/mol. The number of carbonyl (C=O) groups excluding carboxylic acids is 1. The van der Waals surface area contributed by atoms with Crippen LogP contribution in [0.25, 0.3) is 0 Å². The third-order valence-corrected chi connectivity index (χ3v) is 5.71. The molecular weight excluding hydrogens is 408 g/mol. The average Bonchev–Trinajstić information content (AvgIpc) is 3.14. The molecule has 3 aromatic rings. The summed E-state index contributed by atoms with van der Waals surface area (Å²) in [6.07, 6.45) is 1.78. The predicted octanol–water partition coefficient (Wildman–Crippen LogP) is 5.21. The molecule has 3 rings (SSSR count). The number of hydrogen-bond acceptors (Lipinski definition) is 5. The number of nitrogens with one attached hydrogen (secondary N) is 1. The van der Waals surface area contributed by atoms with Crippen molar-refractivity contribution in [3.05, 3.63) is 78.1 Å². The standard InChI is InChI=1S/C24H28N4O2S/c1-5-14-28-22(15-30-21-13-9-6-10-18(21)4)26-27-24(28)31-16-23(29)25-20-12-8-7-11-19(20)17(2)3/h5-13,17H,1,14-16H2,2-4H3,(H,25,29). The fourth-order valence-corrected chi connectivity index (χ4v) is 3.90. The van der Waals surface area contributed by atoms with Gasteiger partial charge in [0.15, 0.2) is 11.0 Å². The molecule has 0 saturated heterocycles. The number of amides is 1. The molecule has 0 unspecified atom stereocenters. The largest absolute Gasteiger partial charge is 0.485 e. The summed E-state index contributed by atoms with van der Waals surface area (Å²) in [6, 6.07) is 15.7. The van der Waals surface area contributed by atoms with Crippen LogP contribution in [0.3, 0.4) is 0 Å². The molecule has 0 fully saturated rings. The maximum absolute atomic E-state index is 12.6. The lowest BCUT2D eigenvalue weighted by atomic mass is 10.0. The Kier molecular flexibility index (Phi) is 7.89. The zero-order valence-electron chi connectivity index (χ0n) is 18.2. The summed E-state index contributed by atoms with van der Waals surface area (Å²) in [6.45, 7) is 10.9. The second-order valence-corrected chi connectivity index (χ2v) is 8.37. The minimum atomic E-state index is -0.0797. The van der Waals surface area contributed by atoms with E-state index in [4.69, 9.17) is 4.74 Å². The van der Waals surface area contributed by atoms with Gasteiger partial charge in [-0.15, -0.1) is 16.8 Å². The molecule has 31 heavy (non-hydrogen) atoms. The Labute approximate surface area is 187 Å². The third-order valence-electron chi connectivity index (χ3n) is 4.74. The molecule has 2 aromatic carbocycles. The molecule has 0 aliphatic heterocycles. The fraction of sp³-hybridized carbons (Fsp3) is 0.292. The Hall–Kier alpha value is -3.06. The number of aromatic nitrogens is 3. The number of carbonyl (C=O) groups is 1. The van der Waals surface area contributed by atoms with E-state index in [-0.39, 0.29) is 11.7 Å². The molecule has 7 heteroatoms. The third kappa shape index (κ3) is 5.98. The summed E-state index contributed by atoms with van der Waals surface area (Å²) in [7, 11) is 0. The Balaban J connectivity index is 1.64. The van der Waals surface area contributed by atoms with Crippen LogP contribution in [-0.4, -0.2) is 26.4 Å². The zero-order chi connectivity index (χ0) is 22.2. The smallest absolute Gasteiger partial charge is 0.234 e. The molecule has 1 heterocycles. The molecule has 0 radical (unpaired) electrons. The van der Waals surface area contributed by atoms with E-state index in [1.165, 1.54) is 11.8 Å². The van der Waals surface area contributed by atoms with Gasteiger partial charge in [-0.3, -0.25) is 9.36 Å². The molecule has 1 aromatic heterocycles. The van der Waals surface area contributed by atoms with Crippen molar-refractivity contribution >= 4 is 23.4 Å². The summed E-state index contributed by atoms with van der Waals surface area (Å²) in [5.41, 5.74) is 3.03. The number of rotatable bonds is 10. The van der Waals surface area contributed by atoms with Crippen molar-refractivity contribution in [2.75, 3.05) is 11.1 Å². The number of aryl methyl sites for hydroxylation is 1. The van der Waals surface area contributed by atoms with Gasteiger partial charge in [-0.2, -0.15) is 0 Å². The number of allylic oxidation sites excluding steroid dienone is 1.